The molecule has 0 rings (SSSR count). The van der Waals surface area contributed by atoms with Crippen LogP contribution in [-0.2, 0) is 22.4 Å². The summed E-state index contributed by atoms with van der Waals surface area (Å²) in [4.78, 5) is 0. The Morgan fingerprint density at radius 1 is 0.438 bits per heavy atom. The Morgan fingerprint density at radius 3 is 0.438 bits per heavy atom. The molecule has 4 heteroatoms. The molecular weight excluding hydrogens is 321 g/mol. The molecule has 0 bridgehead atoms. The van der Waals surface area contributed by atoms with E-state index in [2.05, 4.69) is 78.6 Å². The molecular formula is C12H33NbSi3. The molecule has 0 nitrogen and oxygen atoms in total. The largest absolute Gasteiger partial charge is 3.00 e. The summed E-state index contributed by atoms with van der Waals surface area (Å²) in [5, 5.41) is 0. The summed E-state index contributed by atoms with van der Waals surface area (Å²) in [5.74, 6) is 0. The zero-order chi connectivity index (χ0) is 13.5. The van der Waals surface area contributed by atoms with E-state index in [9.17, 15) is 0 Å². The van der Waals surface area contributed by atoms with Gasteiger partial charge in [-0.05, 0) is 0 Å². The van der Waals surface area contributed by atoms with Crippen LogP contribution in [0.1, 0.15) is 0 Å². The van der Waals surface area contributed by atoms with Crippen LogP contribution in [0.15, 0.2) is 0 Å². The van der Waals surface area contributed by atoms with E-state index in [-0.39, 0.29) is 22.4 Å². The van der Waals surface area contributed by atoms with E-state index in [0.29, 0.717) is 0 Å². The van der Waals surface area contributed by atoms with Gasteiger partial charge in [0, 0.05) is 0 Å². The van der Waals surface area contributed by atoms with Crippen LogP contribution in [0.3, 0.4) is 0 Å². The van der Waals surface area contributed by atoms with Crippen molar-refractivity contribution in [3.63, 3.8) is 0 Å². The first kappa shape index (κ1) is 26.1. The van der Waals surface area contributed by atoms with E-state index in [1.165, 1.54) is 0 Å². The molecule has 0 N–H and O–H groups in total. The van der Waals surface area contributed by atoms with Gasteiger partial charge in [0.2, 0.25) is 0 Å². The molecule has 0 heterocycles. The van der Waals surface area contributed by atoms with Gasteiger partial charge in [-0.3, -0.25) is 0 Å². The molecule has 0 aliphatic rings. The van der Waals surface area contributed by atoms with E-state index in [1.807, 2.05) is 0 Å². The molecule has 16 heavy (non-hydrogen) atoms. The zero-order valence-electron chi connectivity index (χ0n) is 13.1. The fraction of sp³-hybridized carbons (Fsp3) is 0.750. The molecule has 0 aromatic rings. The Kier molecular flexibility index (Phi) is 16.8. The topological polar surface area (TPSA) is 0 Å². The second-order valence-electron chi connectivity index (χ2n) is 7.68. The van der Waals surface area contributed by atoms with Crippen LogP contribution in [0.4, 0.5) is 0 Å². The van der Waals surface area contributed by atoms with Gasteiger partial charge in [-0.15, -0.1) is 24.2 Å². The van der Waals surface area contributed by atoms with Crippen molar-refractivity contribution in [1.29, 1.82) is 0 Å². The molecule has 0 aromatic heterocycles. The Hall–Kier alpha value is 1.39. The average Bonchev–Trinajstić information content (AvgIpc) is 1.41. The maximum Gasteiger partial charge on any atom is 3.00 e. The van der Waals surface area contributed by atoms with Gasteiger partial charge in [0.05, 0.1) is 0 Å². The van der Waals surface area contributed by atoms with Crippen LogP contribution in [0.5, 0.6) is 0 Å². The van der Waals surface area contributed by atoms with Crippen molar-refractivity contribution >= 4 is 24.2 Å². The van der Waals surface area contributed by atoms with Gasteiger partial charge in [-0.1, -0.05) is 58.9 Å². The van der Waals surface area contributed by atoms with Crippen LogP contribution < -0.4 is 0 Å². The number of hydrogen-bond acceptors (Lipinski definition) is 0. The first-order chi connectivity index (χ1) is 6.00. The van der Waals surface area contributed by atoms with Crippen molar-refractivity contribution in [2.24, 2.45) is 0 Å². The fourth-order valence-electron chi connectivity index (χ4n) is 0. The summed E-state index contributed by atoms with van der Waals surface area (Å²) >= 11 is 0. The molecule has 0 aromatic carbocycles. The van der Waals surface area contributed by atoms with Crippen molar-refractivity contribution in [3.05, 3.63) is 19.6 Å². The van der Waals surface area contributed by atoms with Crippen LogP contribution in [0.2, 0.25) is 58.9 Å². The maximum absolute atomic E-state index is 3.91. The second kappa shape index (κ2) is 10.3. The quantitative estimate of drug-likeness (QED) is 0.420. The molecule has 0 fully saturated rings. The summed E-state index contributed by atoms with van der Waals surface area (Å²) in [5.41, 5.74) is 0. The van der Waals surface area contributed by atoms with Crippen LogP contribution >= 0.6 is 0 Å². The summed E-state index contributed by atoms with van der Waals surface area (Å²) in [6.45, 7) is 31.7. The maximum atomic E-state index is 3.91. The molecule has 98 valence electrons. The molecule has 0 saturated carbocycles. The smallest absolute Gasteiger partial charge is 0.342 e. The first-order valence-corrected chi connectivity index (χ1v) is 16.7. The van der Waals surface area contributed by atoms with Gasteiger partial charge in [0.15, 0.2) is 0 Å². The van der Waals surface area contributed by atoms with Crippen LogP contribution in [-0.4, -0.2) is 24.2 Å². The number of rotatable bonds is 0. The summed E-state index contributed by atoms with van der Waals surface area (Å²) in [6.07, 6.45) is 0. The Bertz CT molecular complexity index is 91.3. The summed E-state index contributed by atoms with van der Waals surface area (Å²) in [6, 6.07) is 0. The summed E-state index contributed by atoms with van der Waals surface area (Å²) < 4.78 is 0. The standard InChI is InChI=1S/3C4H11Si.Nb/c3*1-5(2,3)4;/h3*1H2,2-4H3;/q3*-1;+3. The molecule has 0 amide bonds. The molecule has 0 unspecified atom stereocenters. The summed E-state index contributed by atoms with van der Waals surface area (Å²) in [7, 11) is -2.58. The Morgan fingerprint density at radius 2 is 0.438 bits per heavy atom. The Balaban J connectivity index is -0.0000000655. The molecule has 0 spiro atoms. The predicted octanol–water partition coefficient (Wildman–Crippen LogP) is 5.09. The minimum Gasteiger partial charge on any atom is -0.342 e. The Labute approximate surface area is 125 Å². The second-order valence-corrected chi connectivity index (χ2v) is 23.0. The monoisotopic (exact) mass is 354 g/mol. The van der Waals surface area contributed by atoms with Crippen molar-refractivity contribution in [2.75, 3.05) is 0 Å². The van der Waals surface area contributed by atoms with Gasteiger partial charge in [0.25, 0.3) is 0 Å². The fourth-order valence-corrected chi connectivity index (χ4v) is 0. The van der Waals surface area contributed by atoms with Crippen molar-refractivity contribution in [2.45, 2.75) is 58.9 Å². The molecule has 0 radical (unpaired) electrons. The van der Waals surface area contributed by atoms with E-state index in [4.69, 9.17) is 0 Å². The SMILES string of the molecule is [CH2-][Si](C)(C)C.[CH2-][Si](C)(C)C.[CH2-][Si](C)(C)C.[Nb+3]. The third-order valence-corrected chi connectivity index (χ3v) is 0. The van der Waals surface area contributed by atoms with E-state index < -0.39 is 24.2 Å². The van der Waals surface area contributed by atoms with E-state index in [1.54, 1.807) is 0 Å². The predicted molar refractivity (Wildman–Crippen MR) is 86.1 cm³/mol. The molecule has 0 atom stereocenters. The van der Waals surface area contributed by atoms with Gasteiger partial charge in [-0.25, -0.2) is 0 Å². The van der Waals surface area contributed by atoms with Crippen LogP contribution in [0.25, 0.3) is 0 Å². The van der Waals surface area contributed by atoms with Crippen molar-refractivity contribution in [1.82, 2.24) is 0 Å². The average molecular weight is 355 g/mol. The van der Waals surface area contributed by atoms with Crippen molar-refractivity contribution < 1.29 is 22.4 Å². The van der Waals surface area contributed by atoms with Gasteiger partial charge < -0.3 is 19.6 Å². The van der Waals surface area contributed by atoms with Crippen LogP contribution in [0, 0.1) is 19.6 Å². The van der Waals surface area contributed by atoms with Crippen molar-refractivity contribution in [3.8, 4) is 0 Å². The third kappa shape index (κ3) is 1650. The molecule has 0 saturated heterocycles. The number of hydrogen-bond donors (Lipinski definition) is 0. The van der Waals surface area contributed by atoms with Gasteiger partial charge >= 0.3 is 22.4 Å². The van der Waals surface area contributed by atoms with Gasteiger partial charge in [0.1, 0.15) is 0 Å². The minimum atomic E-state index is -0.861. The van der Waals surface area contributed by atoms with E-state index in [0.717, 1.165) is 0 Å². The zero-order valence-corrected chi connectivity index (χ0v) is 18.3. The third-order valence-electron chi connectivity index (χ3n) is 0. The molecule has 0 aliphatic heterocycles. The first-order valence-electron chi connectivity index (χ1n) is 5.56. The normalized spacial score (nSPS) is 11.2. The van der Waals surface area contributed by atoms with E-state index >= 15 is 0 Å². The minimum absolute atomic E-state index is 0. The van der Waals surface area contributed by atoms with Gasteiger partial charge in [-0.2, -0.15) is 0 Å². The molecule has 0 aliphatic carbocycles.